The smallest absolute Gasteiger partial charge is 0.230 e. The van der Waals surface area contributed by atoms with E-state index in [2.05, 4.69) is 10.2 Å². The Morgan fingerprint density at radius 3 is 2.84 bits per heavy atom. The summed E-state index contributed by atoms with van der Waals surface area (Å²) < 4.78 is 10.9. The molecule has 1 N–H and O–H groups in total. The van der Waals surface area contributed by atoms with E-state index < -0.39 is 0 Å². The summed E-state index contributed by atoms with van der Waals surface area (Å²) in [5, 5.41) is 2.96. The molecule has 3 rings (SSSR count). The van der Waals surface area contributed by atoms with Crippen LogP contribution in [0, 0.1) is 0 Å². The Morgan fingerprint density at radius 2 is 2.04 bits per heavy atom. The van der Waals surface area contributed by atoms with Crippen molar-refractivity contribution in [3.8, 4) is 5.75 Å². The quantitative estimate of drug-likeness (QED) is 0.836. The summed E-state index contributed by atoms with van der Waals surface area (Å²) in [5.74, 6) is 0.687. The molecular weight excluding hydrogens is 322 g/mol. The molecule has 0 radical (unpaired) electrons. The van der Waals surface area contributed by atoms with Gasteiger partial charge in [-0.25, -0.2) is 0 Å². The molecule has 0 spiro atoms. The first-order valence-corrected chi connectivity index (χ1v) is 8.72. The highest BCUT2D eigenvalue weighted by Crippen LogP contribution is 2.31. The fraction of sp³-hybridized carbons (Fsp3) is 0.556. The van der Waals surface area contributed by atoms with Crippen molar-refractivity contribution in [2.45, 2.75) is 12.8 Å². The van der Waals surface area contributed by atoms with Crippen LogP contribution in [0.2, 0.25) is 0 Å². The van der Waals surface area contributed by atoms with Gasteiger partial charge in [0.1, 0.15) is 5.75 Å². The van der Waals surface area contributed by atoms with Crippen LogP contribution in [-0.4, -0.2) is 69.8 Å². The number of anilines is 1. The molecule has 1 saturated heterocycles. The number of amides is 2. The number of carbonyl (C=O) groups is 2. The molecule has 0 atom stereocenters. The molecule has 2 aliphatic heterocycles. The molecule has 1 aromatic carbocycles. The summed E-state index contributed by atoms with van der Waals surface area (Å²) in [4.78, 5) is 28.0. The lowest BCUT2D eigenvalue weighted by Crippen LogP contribution is -2.41. The lowest BCUT2D eigenvalue weighted by atomic mass is 10.1. The van der Waals surface area contributed by atoms with E-state index in [1.54, 1.807) is 11.9 Å². The van der Waals surface area contributed by atoms with Crippen LogP contribution >= 0.6 is 0 Å². The Labute approximate surface area is 147 Å². The minimum Gasteiger partial charge on any atom is -0.491 e. The Hall–Kier alpha value is -2.12. The molecule has 1 fully saturated rings. The van der Waals surface area contributed by atoms with Crippen LogP contribution in [-0.2, 0) is 20.7 Å². The fourth-order valence-corrected chi connectivity index (χ4v) is 3.03. The van der Waals surface area contributed by atoms with E-state index >= 15 is 0 Å². The lowest BCUT2D eigenvalue weighted by molar-refractivity contribution is -0.120. The largest absolute Gasteiger partial charge is 0.491 e. The van der Waals surface area contributed by atoms with Gasteiger partial charge in [0.15, 0.2) is 0 Å². The molecule has 0 saturated carbocycles. The summed E-state index contributed by atoms with van der Waals surface area (Å²) in [5.41, 5.74) is 1.59. The monoisotopic (exact) mass is 347 g/mol. The average Bonchev–Trinajstić information content (AvgIpc) is 2.75. The molecule has 136 valence electrons. The van der Waals surface area contributed by atoms with Crippen LogP contribution in [0.15, 0.2) is 18.2 Å². The van der Waals surface area contributed by atoms with Gasteiger partial charge >= 0.3 is 0 Å². The van der Waals surface area contributed by atoms with Gasteiger partial charge in [-0.2, -0.15) is 0 Å². The summed E-state index contributed by atoms with van der Waals surface area (Å²) in [7, 11) is 1.74. The molecular formula is C18H25N3O4. The van der Waals surface area contributed by atoms with Crippen LogP contribution in [0.5, 0.6) is 5.75 Å². The highest BCUT2D eigenvalue weighted by atomic mass is 16.5. The van der Waals surface area contributed by atoms with Crippen LogP contribution in [0.4, 0.5) is 5.69 Å². The molecule has 0 unspecified atom stereocenters. The number of nitrogens with one attached hydrogen (secondary N) is 1. The number of ether oxygens (including phenoxy) is 2. The van der Waals surface area contributed by atoms with Crippen LogP contribution in [0.1, 0.15) is 12.0 Å². The van der Waals surface area contributed by atoms with Crippen molar-refractivity contribution >= 4 is 17.5 Å². The third kappa shape index (κ3) is 4.70. The number of hydrogen-bond acceptors (Lipinski definition) is 5. The standard InChI is InChI=1S/C18H25N3O4/c1-20-15-12-14(2-3-16(15)25-9-4-18(20)23)13-17(22)19-5-6-21-7-10-24-11-8-21/h2-3,12H,4-11,13H2,1H3,(H,19,22). The molecule has 2 amide bonds. The summed E-state index contributed by atoms with van der Waals surface area (Å²) >= 11 is 0. The van der Waals surface area contributed by atoms with E-state index in [1.165, 1.54) is 0 Å². The van der Waals surface area contributed by atoms with Crippen molar-refractivity contribution < 1.29 is 19.1 Å². The number of rotatable bonds is 5. The Balaban J connectivity index is 1.53. The van der Waals surface area contributed by atoms with Crippen molar-refractivity contribution in [1.82, 2.24) is 10.2 Å². The van der Waals surface area contributed by atoms with Crippen molar-refractivity contribution in [2.24, 2.45) is 0 Å². The van der Waals surface area contributed by atoms with Gasteiger partial charge in [-0.3, -0.25) is 14.5 Å². The predicted octanol–water partition coefficient (Wildman–Crippen LogP) is 0.423. The zero-order chi connectivity index (χ0) is 17.6. The first-order chi connectivity index (χ1) is 12.1. The minimum absolute atomic E-state index is 0.0169. The average molecular weight is 347 g/mol. The second kappa shape index (κ2) is 8.31. The van der Waals surface area contributed by atoms with Gasteiger partial charge < -0.3 is 19.7 Å². The number of nitrogens with zero attached hydrogens (tertiary/aromatic N) is 2. The number of morpholine rings is 1. The van der Waals surface area contributed by atoms with Crippen LogP contribution in [0.25, 0.3) is 0 Å². The van der Waals surface area contributed by atoms with Crippen LogP contribution in [0.3, 0.4) is 0 Å². The maximum atomic E-state index is 12.2. The molecule has 25 heavy (non-hydrogen) atoms. The van der Waals surface area contributed by atoms with Gasteiger partial charge in [-0.05, 0) is 17.7 Å². The number of fused-ring (bicyclic) bond motifs is 1. The molecule has 2 aliphatic rings. The van der Waals surface area contributed by atoms with E-state index in [1.807, 2.05) is 18.2 Å². The zero-order valence-electron chi connectivity index (χ0n) is 14.6. The molecule has 1 aromatic rings. The topological polar surface area (TPSA) is 71.1 Å². The third-order valence-corrected chi connectivity index (χ3v) is 4.55. The molecule has 7 nitrogen and oxygen atoms in total. The van der Waals surface area contributed by atoms with Crippen molar-refractivity contribution in [3.05, 3.63) is 23.8 Å². The van der Waals surface area contributed by atoms with Gasteiger partial charge in [-0.15, -0.1) is 0 Å². The maximum Gasteiger partial charge on any atom is 0.230 e. The van der Waals surface area contributed by atoms with E-state index in [9.17, 15) is 9.59 Å². The highest BCUT2D eigenvalue weighted by Gasteiger charge is 2.20. The zero-order valence-corrected chi connectivity index (χ0v) is 14.6. The van der Waals surface area contributed by atoms with Gasteiger partial charge in [0, 0.05) is 33.2 Å². The summed E-state index contributed by atoms with van der Waals surface area (Å²) in [6.07, 6.45) is 0.654. The minimum atomic E-state index is -0.0169. The first-order valence-electron chi connectivity index (χ1n) is 8.72. The SMILES string of the molecule is CN1C(=O)CCOc2ccc(CC(=O)NCCN3CCOCC3)cc21. The number of hydrogen-bond donors (Lipinski definition) is 1. The van der Waals surface area contributed by atoms with Gasteiger partial charge in [0.05, 0.1) is 38.3 Å². The molecule has 2 heterocycles. The fourth-order valence-electron chi connectivity index (χ4n) is 3.03. The first kappa shape index (κ1) is 17.7. The number of benzene rings is 1. The van der Waals surface area contributed by atoms with Gasteiger partial charge in [0.2, 0.25) is 11.8 Å². The Morgan fingerprint density at radius 1 is 1.24 bits per heavy atom. The summed E-state index contributed by atoms with van der Waals surface area (Å²) in [6.45, 7) is 5.21. The Bertz CT molecular complexity index is 629. The van der Waals surface area contributed by atoms with Gasteiger partial charge in [-0.1, -0.05) is 6.07 Å². The predicted molar refractivity (Wildman–Crippen MR) is 93.9 cm³/mol. The van der Waals surface area contributed by atoms with E-state index in [4.69, 9.17) is 9.47 Å². The van der Waals surface area contributed by atoms with Crippen molar-refractivity contribution in [1.29, 1.82) is 0 Å². The van der Waals surface area contributed by atoms with Gasteiger partial charge in [0.25, 0.3) is 0 Å². The van der Waals surface area contributed by atoms with E-state index in [0.29, 0.717) is 31.7 Å². The van der Waals surface area contributed by atoms with Crippen molar-refractivity contribution in [3.63, 3.8) is 0 Å². The normalized spacial score (nSPS) is 18.3. The second-order valence-corrected chi connectivity index (χ2v) is 6.33. The second-order valence-electron chi connectivity index (χ2n) is 6.33. The molecule has 0 bridgehead atoms. The highest BCUT2D eigenvalue weighted by molar-refractivity contribution is 5.95. The third-order valence-electron chi connectivity index (χ3n) is 4.55. The number of carbonyl (C=O) groups excluding carboxylic acids is 2. The summed E-state index contributed by atoms with van der Waals surface area (Å²) in [6, 6.07) is 5.57. The van der Waals surface area contributed by atoms with Crippen LogP contribution < -0.4 is 15.0 Å². The lowest BCUT2D eigenvalue weighted by Gasteiger charge is -2.26. The van der Waals surface area contributed by atoms with E-state index in [0.717, 1.165) is 44.1 Å². The molecule has 0 aliphatic carbocycles. The molecule has 0 aromatic heterocycles. The van der Waals surface area contributed by atoms with Crippen molar-refractivity contribution in [2.75, 3.05) is 57.9 Å². The maximum absolute atomic E-state index is 12.2. The molecule has 7 heteroatoms. The Kier molecular flexibility index (Phi) is 5.88. The van der Waals surface area contributed by atoms with E-state index in [-0.39, 0.29) is 11.8 Å².